The molecule has 0 radical (unpaired) electrons. The number of Topliss-reactive ketones (excluding diaryl/α,β-unsaturated/α-hetero) is 1. The zero-order valence-corrected chi connectivity index (χ0v) is 13.6. The molecular formula is C14H10Cl2F3N3O2. The van der Waals surface area contributed by atoms with Gasteiger partial charge in [0.05, 0.1) is 10.6 Å². The van der Waals surface area contributed by atoms with Crippen LogP contribution in [0.2, 0.25) is 10.0 Å². The van der Waals surface area contributed by atoms with Gasteiger partial charge in [-0.05, 0) is 12.1 Å². The maximum absolute atomic E-state index is 14.5. The Morgan fingerprint density at radius 3 is 2.58 bits per heavy atom. The number of halogens is 5. The van der Waals surface area contributed by atoms with E-state index >= 15 is 0 Å². The van der Waals surface area contributed by atoms with Crippen molar-refractivity contribution >= 4 is 34.8 Å². The Morgan fingerprint density at radius 2 is 2.00 bits per heavy atom. The Labute approximate surface area is 144 Å². The molecule has 1 aromatic heterocycles. The average molecular weight is 380 g/mol. The average Bonchev–Trinajstić information content (AvgIpc) is 2.49. The van der Waals surface area contributed by atoms with Gasteiger partial charge < -0.3 is 10.5 Å². The molecule has 0 spiro atoms. The van der Waals surface area contributed by atoms with Crippen LogP contribution in [0.1, 0.15) is 17.4 Å². The number of nitrogen functional groups attached to an aromatic ring is 1. The number of anilines is 1. The predicted octanol–water partition coefficient (Wildman–Crippen LogP) is 4.02. The maximum atomic E-state index is 14.5. The fourth-order valence-corrected chi connectivity index (χ4v) is 2.22. The first-order chi connectivity index (χ1) is 11.2. The van der Waals surface area contributed by atoms with Crippen LogP contribution in [0.25, 0.3) is 11.4 Å². The second kappa shape index (κ2) is 7.23. The van der Waals surface area contributed by atoms with Gasteiger partial charge in [-0.2, -0.15) is 0 Å². The van der Waals surface area contributed by atoms with E-state index in [0.717, 1.165) is 0 Å². The summed E-state index contributed by atoms with van der Waals surface area (Å²) in [5.74, 6) is -2.61. The minimum atomic E-state index is -2.81. The van der Waals surface area contributed by atoms with Gasteiger partial charge in [-0.1, -0.05) is 23.2 Å². The van der Waals surface area contributed by atoms with Gasteiger partial charge in [-0.15, -0.1) is 0 Å². The van der Waals surface area contributed by atoms with E-state index in [0.29, 0.717) is 0 Å². The van der Waals surface area contributed by atoms with Crippen LogP contribution < -0.4 is 10.5 Å². The summed E-state index contributed by atoms with van der Waals surface area (Å²) in [7, 11) is 0. The molecule has 0 fully saturated rings. The van der Waals surface area contributed by atoms with Crippen LogP contribution in [-0.2, 0) is 0 Å². The summed E-state index contributed by atoms with van der Waals surface area (Å²) in [6.07, 6.45) is -2.81. The van der Waals surface area contributed by atoms with E-state index in [4.69, 9.17) is 28.9 Å². The summed E-state index contributed by atoms with van der Waals surface area (Å²) >= 11 is 11.6. The number of nitrogens with two attached hydrogens (primary N) is 1. The molecule has 128 valence electrons. The van der Waals surface area contributed by atoms with Crippen LogP contribution >= 0.6 is 23.2 Å². The number of nitrogens with zero attached hydrogens (tertiary/aromatic N) is 2. The molecule has 2 N–H and O–H groups in total. The Hall–Kier alpha value is -2.06. The third-order valence-corrected chi connectivity index (χ3v) is 3.52. The lowest BCUT2D eigenvalue weighted by molar-refractivity contribution is 0.0800. The molecular weight excluding hydrogens is 370 g/mol. The Morgan fingerprint density at radius 1 is 1.33 bits per heavy atom. The molecule has 0 aliphatic heterocycles. The van der Waals surface area contributed by atoms with E-state index in [1.165, 1.54) is 19.1 Å². The lowest BCUT2D eigenvalue weighted by Crippen LogP contribution is -2.10. The molecule has 2 rings (SSSR count). The molecule has 0 bridgehead atoms. The van der Waals surface area contributed by atoms with Gasteiger partial charge in [-0.25, -0.2) is 23.1 Å². The first-order valence-corrected chi connectivity index (χ1v) is 7.21. The van der Waals surface area contributed by atoms with E-state index in [2.05, 4.69) is 14.7 Å². The van der Waals surface area contributed by atoms with Gasteiger partial charge in [0.2, 0.25) is 0 Å². The number of ether oxygens (including phenoxy) is 1. The standard InChI is InChI=1S/C14H10Cl2F3N3O2/c1-5(23)11-9(16)13(20)22-14(21-11)6-2-3-7(15)12(10(6)19)24-4-8(17)18/h2-3,8H,4H2,1H3,(H2,20,21,22). The number of ketones is 1. The van der Waals surface area contributed by atoms with Crippen molar-refractivity contribution in [2.75, 3.05) is 12.3 Å². The summed E-state index contributed by atoms with van der Waals surface area (Å²) in [6, 6.07) is 2.43. The summed E-state index contributed by atoms with van der Waals surface area (Å²) in [4.78, 5) is 19.2. The SMILES string of the molecule is CC(=O)c1nc(-c2ccc(Cl)c(OCC(F)F)c2F)nc(N)c1Cl. The largest absolute Gasteiger partial charge is 0.483 e. The van der Waals surface area contributed by atoms with Crippen molar-refractivity contribution in [1.82, 2.24) is 9.97 Å². The van der Waals surface area contributed by atoms with E-state index in [-0.39, 0.29) is 32.9 Å². The molecule has 0 aliphatic rings. The Balaban J connectivity index is 2.57. The number of carbonyl (C=O) groups is 1. The molecule has 1 heterocycles. The summed E-state index contributed by atoms with van der Waals surface area (Å²) in [5, 5.41) is -0.361. The van der Waals surface area contributed by atoms with Crippen molar-refractivity contribution in [3.8, 4) is 17.1 Å². The van der Waals surface area contributed by atoms with E-state index in [1.54, 1.807) is 0 Å². The van der Waals surface area contributed by atoms with Crippen LogP contribution in [0.5, 0.6) is 5.75 Å². The van der Waals surface area contributed by atoms with Crippen LogP contribution in [0.4, 0.5) is 19.0 Å². The van der Waals surface area contributed by atoms with Gasteiger partial charge >= 0.3 is 0 Å². The van der Waals surface area contributed by atoms with Crippen LogP contribution in [0.15, 0.2) is 12.1 Å². The topological polar surface area (TPSA) is 78.1 Å². The number of hydrogen-bond donors (Lipinski definition) is 1. The maximum Gasteiger partial charge on any atom is 0.272 e. The molecule has 10 heteroatoms. The third-order valence-electron chi connectivity index (χ3n) is 2.85. The van der Waals surface area contributed by atoms with Gasteiger partial charge in [0.15, 0.2) is 23.2 Å². The zero-order valence-electron chi connectivity index (χ0n) is 12.1. The number of alkyl halides is 2. The van der Waals surface area contributed by atoms with Crippen molar-refractivity contribution in [2.45, 2.75) is 13.3 Å². The monoisotopic (exact) mass is 379 g/mol. The minimum Gasteiger partial charge on any atom is -0.483 e. The molecule has 0 saturated carbocycles. The number of aromatic nitrogens is 2. The van der Waals surface area contributed by atoms with Crippen molar-refractivity contribution in [1.29, 1.82) is 0 Å². The van der Waals surface area contributed by atoms with Gasteiger partial charge in [0.25, 0.3) is 6.43 Å². The number of carbonyl (C=O) groups excluding carboxylic acids is 1. The quantitative estimate of drug-likeness (QED) is 0.793. The second-order valence-electron chi connectivity index (χ2n) is 4.59. The van der Waals surface area contributed by atoms with Crippen molar-refractivity contribution in [3.63, 3.8) is 0 Å². The molecule has 1 aromatic carbocycles. The van der Waals surface area contributed by atoms with E-state index < -0.39 is 30.4 Å². The van der Waals surface area contributed by atoms with Crippen LogP contribution in [0.3, 0.4) is 0 Å². The molecule has 2 aromatic rings. The molecule has 0 saturated heterocycles. The summed E-state index contributed by atoms with van der Waals surface area (Å²) < 4.78 is 43.8. The minimum absolute atomic E-state index is 0.158. The zero-order chi connectivity index (χ0) is 18.0. The smallest absolute Gasteiger partial charge is 0.272 e. The normalized spacial score (nSPS) is 11.0. The fraction of sp³-hybridized carbons (Fsp3) is 0.214. The molecule has 0 aliphatic carbocycles. The van der Waals surface area contributed by atoms with Gasteiger partial charge in [-0.3, -0.25) is 4.79 Å². The molecule has 0 unspecified atom stereocenters. The predicted molar refractivity (Wildman–Crippen MR) is 83.4 cm³/mol. The molecule has 24 heavy (non-hydrogen) atoms. The summed E-state index contributed by atoms with van der Waals surface area (Å²) in [6.45, 7) is 0.162. The van der Waals surface area contributed by atoms with Crippen LogP contribution in [0, 0.1) is 5.82 Å². The second-order valence-corrected chi connectivity index (χ2v) is 5.38. The van der Waals surface area contributed by atoms with Crippen molar-refractivity contribution < 1.29 is 22.7 Å². The number of benzene rings is 1. The highest BCUT2D eigenvalue weighted by Gasteiger charge is 2.21. The lowest BCUT2D eigenvalue weighted by Gasteiger charge is -2.12. The summed E-state index contributed by atoms with van der Waals surface area (Å²) in [5.41, 5.74) is 5.18. The number of hydrogen-bond acceptors (Lipinski definition) is 5. The lowest BCUT2D eigenvalue weighted by atomic mass is 10.1. The highest BCUT2D eigenvalue weighted by molar-refractivity contribution is 6.35. The van der Waals surface area contributed by atoms with Crippen molar-refractivity contribution in [2.24, 2.45) is 0 Å². The Bertz CT molecular complexity index is 803. The fourth-order valence-electron chi connectivity index (χ4n) is 1.80. The number of rotatable bonds is 5. The Kier molecular flexibility index (Phi) is 5.51. The van der Waals surface area contributed by atoms with Gasteiger partial charge in [0, 0.05) is 6.92 Å². The molecule has 5 nitrogen and oxygen atoms in total. The first-order valence-electron chi connectivity index (χ1n) is 6.45. The van der Waals surface area contributed by atoms with Gasteiger partial charge in [0.1, 0.15) is 23.1 Å². The van der Waals surface area contributed by atoms with E-state index in [9.17, 15) is 18.0 Å². The highest BCUT2D eigenvalue weighted by atomic mass is 35.5. The highest BCUT2D eigenvalue weighted by Crippen LogP contribution is 2.35. The molecule has 0 amide bonds. The molecule has 0 atom stereocenters. The third kappa shape index (κ3) is 3.70. The first kappa shape index (κ1) is 18.3. The van der Waals surface area contributed by atoms with Crippen LogP contribution in [-0.4, -0.2) is 28.8 Å². The van der Waals surface area contributed by atoms with Crippen molar-refractivity contribution in [3.05, 3.63) is 33.7 Å². The van der Waals surface area contributed by atoms with E-state index in [1.807, 2.05) is 0 Å².